The van der Waals surface area contributed by atoms with Gasteiger partial charge >= 0.3 is 5.97 Å². The van der Waals surface area contributed by atoms with E-state index in [9.17, 15) is 19.7 Å². The number of rotatable bonds is 7. The molecule has 1 aliphatic rings. The third-order valence-electron chi connectivity index (χ3n) is 4.52. The third kappa shape index (κ3) is 4.85. The van der Waals surface area contributed by atoms with E-state index in [0.29, 0.717) is 5.69 Å². The Balaban J connectivity index is 1.58. The summed E-state index contributed by atoms with van der Waals surface area (Å²) in [5, 5.41) is 13.9. The number of carbonyl (C=O) groups is 2. The van der Waals surface area contributed by atoms with Crippen molar-refractivity contribution in [1.82, 2.24) is 5.32 Å². The maximum absolute atomic E-state index is 12.3. The van der Waals surface area contributed by atoms with Crippen LogP contribution in [0.2, 0.25) is 0 Å². The van der Waals surface area contributed by atoms with Crippen LogP contribution in [0.3, 0.4) is 0 Å². The molecular weight excluding hydrogens is 362 g/mol. The Morgan fingerprint density at radius 2 is 1.82 bits per heavy atom. The van der Waals surface area contributed by atoms with E-state index in [4.69, 9.17) is 4.74 Å². The highest BCUT2D eigenvalue weighted by atomic mass is 16.6. The molecule has 146 valence electrons. The van der Waals surface area contributed by atoms with E-state index in [1.54, 1.807) is 6.07 Å². The van der Waals surface area contributed by atoms with Gasteiger partial charge in [0.25, 0.3) is 11.6 Å². The fourth-order valence-electron chi connectivity index (χ4n) is 3.08. The molecule has 28 heavy (non-hydrogen) atoms. The van der Waals surface area contributed by atoms with Gasteiger partial charge in [-0.15, -0.1) is 0 Å². The standard InChI is InChI=1S/C20H21N3O5/c24-19(28-14-15-6-2-1-3-7-15)13-21-20(25)16-8-9-17(18(12-16)23(26)27)22-10-4-5-11-22/h1-3,6-9,12H,4-5,10-11,13-14H2,(H,21,25). The van der Waals surface area contributed by atoms with Crippen molar-refractivity contribution in [3.8, 4) is 0 Å². The summed E-state index contributed by atoms with van der Waals surface area (Å²) in [4.78, 5) is 36.9. The molecule has 1 heterocycles. The van der Waals surface area contributed by atoms with Gasteiger partial charge in [0, 0.05) is 24.7 Å². The van der Waals surface area contributed by atoms with Crippen LogP contribution in [0.5, 0.6) is 0 Å². The summed E-state index contributed by atoms with van der Waals surface area (Å²) < 4.78 is 5.09. The fraction of sp³-hybridized carbons (Fsp3) is 0.300. The van der Waals surface area contributed by atoms with E-state index in [0.717, 1.165) is 31.5 Å². The van der Waals surface area contributed by atoms with Crippen molar-refractivity contribution in [1.29, 1.82) is 0 Å². The predicted octanol–water partition coefficient (Wildman–Crippen LogP) is 2.67. The van der Waals surface area contributed by atoms with Crippen molar-refractivity contribution in [2.75, 3.05) is 24.5 Å². The predicted molar refractivity (Wildman–Crippen MR) is 103 cm³/mol. The largest absolute Gasteiger partial charge is 0.460 e. The van der Waals surface area contributed by atoms with Gasteiger partial charge in [0.15, 0.2) is 0 Å². The van der Waals surface area contributed by atoms with E-state index in [1.165, 1.54) is 12.1 Å². The van der Waals surface area contributed by atoms with E-state index in [2.05, 4.69) is 5.32 Å². The molecule has 1 N–H and O–H groups in total. The van der Waals surface area contributed by atoms with Crippen molar-refractivity contribution >= 4 is 23.3 Å². The number of hydrogen-bond donors (Lipinski definition) is 1. The zero-order valence-corrected chi connectivity index (χ0v) is 15.3. The molecule has 8 heteroatoms. The molecule has 3 rings (SSSR count). The van der Waals surface area contributed by atoms with Gasteiger partial charge in [-0.1, -0.05) is 30.3 Å². The van der Waals surface area contributed by atoms with Crippen LogP contribution in [-0.4, -0.2) is 36.4 Å². The summed E-state index contributed by atoms with van der Waals surface area (Å²) in [5.41, 5.74) is 1.38. The highest BCUT2D eigenvalue weighted by Crippen LogP contribution is 2.31. The molecular formula is C20H21N3O5. The first-order valence-electron chi connectivity index (χ1n) is 9.06. The Morgan fingerprint density at radius 3 is 2.50 bits per heavy atom. The smallest absolute Gasteiger partial charge is 0.325 e. The molecule has 0 spiro atoms. The number of amides is 1. The van der Waals surface area contributed by atoms with Crippen LogP contribution in [0.4, 0.5) is 11.4 Å². The van der Waals surface area contributed by atoms with E-state index < -0.39 is 16.8 Å². The molecule has 1 amide bonds. The normalized spacial score (nSPS) is 13.2. The van der Waals surface area contributed by atoms with Crippen LogP contribution in [0.25, 0.3) is 0 Å². The zero-order valence-electron chi connectivity index (χ0n) is 15.3. The number of hydrogen-bond acceptors (Lipinski definition) is 6. The number of nitro benzene ring substituents is 1. The van der Waals surface area contributed by atoms with Crippen molar-refractivity contribution in [3.63, 3.8) is 0 Å². The van der Waals surface area contributed by atoms with Crippen LogP contribution in [-0.2, 0) is 16.1 Å². The van der Waals surface area contributed by atoms with Crippen molar-refractivity contribution in [2.45, 2.75) is 19.4 Å². The minimum absolute atomic E-state index is 0.110. The van der Waals surface area contributed by atoms with Gasteiger partial charge in [-0.3, -0.25) is 19.7 Å². The Morgan fingerprint density at radius 1 is 1.11 bits per heavy atom. The highest BCUT2D eigenvalue weighted by Gasteiger charge is 2.24. The van der Waals surface area contributed by atoms with E-state index in [1.807, 2.05) is 35.2 Å². The van der Waals surface area contributed by atoms with Gasteiger partial charge < -0.3 is 15.0 Å². The van der Waals surface area contributed by atoms with E-state index in [-0.39, 0.29) is 24.4 Å². The highest BCUT2D eigenvalue weighted by molar-refractivity contribution is 5.97. The lowest BCUT2D eigenvalue weighted by atomic mass is 10.1. The number of anilines is 1. The van der Waals surface area contributed by atoms with Gasteiger partial charge in [-0.2, -0.15) is 0 Å². The molecule has 0 bridgehead atoms. The molecule has 0 saturated carbocycles. The van der Waals surface area contributed by atoms with Crippen molar-refractivity contribution in [3.05, 3.63) is 69.8 Å². The summed E-state index contributed by atoms with van der Waals surface area (Å²) >= 11 is 0. The lowest BCUT2D eigenvalue weighted by Gasteiger charge is -2.17. The van der Waals surface area contributed by atoms with Gasteiger partial charge in [0.2, 0.25) is 0 Å². The number of nitrogens with zero attached hydrogens (tertiary/aromatic N) is 2. The number of nitro groups is 1. The Kier molecular flexibility index (Phi) is 6.21. The van der Waals surface area contributed by atoms with Crippen LogP contribution < -0.4 is 10.2 Å². The van der Waals surface area contributed by atoms with Gasteiger partial charge in [-0.25, -0.2) is 0 Å². The second kappa shape index (κ2) is 8.98. The molecule has 1 fully saturated rings. The molecule has 2 aromatic rings. The summed E-state index contributed by atoms with van der Waals surface area (Å²) in [6, 6.07) is 13.6. The van der Waals surface area contributed by atoms with Crippen LogP contribution in [0.1, 0.15) is 28.8 Å². The SMILES string of the molecule is O=C(CNC(=O)c1ccc(N2CCCC2)c([N+](=O)[O-])c1)OCc1ccccc1. The average Bonchev–Trinajstić information content (AvgIpc) is 3.25. The van der Waals surface area contributed by atoms with Crippen LogP contribution in [0.15, 0.2) is 48.5 Å². The quantitative estimate of drug-likeness (QED) is 0.448. The lowest BCUT2D eigenvalue weighted by molar-refractivity contribution is -0.384. The number of nitrogens with one attached hydrogen (secondary N) is 1. The summed E-state index contributed by atoms with van der Waals surface area (Å²) in [5.74, 6) is -1.15. The Labute approximate surface area is 162 Å². The number of esters is 1. The molecule has 0 atom stereocenters. The first-order valence-corrected chi connectivity index (χ1v) is 9.06. The maximum Gasteiger partial charge on any atom is 0.325 e. The monoisotopic (exact) mass is 383 g/mol. The summed E-state index contributed by atoms with van der Waals surface area (Å²) in [6.45, 7) is 1.33. The molecule has 1 saturated heterocycles. The van der Waals surface area contributed by atoms with Gasteiger partial charge in [0.05, 0.1) is 4.92 Å². The molecule has 0 aliphatic carbocycles. The minimum atomic E-state index is -0.583. The van der Waals surface area contributed by atoms with Crippen LogP contribution >= 0.6 is 0 Å². The van der Waals surface area contributed by atoms with Gasteiger partial charge in [0.1, 0.15) is 18.8 Å². The zero-order chi connectivity index (χ0) is 19.9. The fourth-order valence-corrected chi connectivity index (χ4v) is 3.08. The second-order valence-corrected chi connectivity index (χ2v) is 6.48. The average molecular weight is 383 g/mol. The maximum atomic E-state index is 12.3. The number of carbonyl (C=O) groups excluding carboxylic acids is 2. The first kappa shape index (κ1) is 19.3. The van der Waals surface area contributed by atoms with Crippen molar-refractivity contribution in [2.24, 2.45) is 0 Å². The van der Waals surface area contributed by atoms with Gasteiger partial charge in [-0.05, 0) is 30.5 Å². The topological polar surface area (TPSA) is 102 Å². The molecule has 1 aliphatic heterocycles. The molecule has 2 aromatic carbocycles. The first-order chi connectivity index (χ1) is 13.5. The second-order valence-electron chi connectivity index (χ2n) is 6.48. The number of ether oxygens (including phenoxy) is 1. The third-order valence-corrected chi connectivity index (χ3v) is 4.52. The van der Waals surface area contributed by atoms with Crippen molar-refractivity contribution < 1.29 is 19.2 Å². The molecule has 0 unspecified atom stereocenters. The summed E-state index contributed by atoms with van der Waals surface area (Å²) in [7, 11) is 0. The lowest BCUT2D eigenvalue weighted by Crippen LogP contribution is -2.30. The molecule has 8 nitrogen and oxygen atoms in total. The van der Waals surface area contributed by atoms with E-state index >= 15 is 0 Å². The Bertz CT molecular complexity index is 863. The minimum Gasteiger partial charge on any atom is -0.460 e. The Hall–Kier alpha value is -3.42. The number of benzene rings is 2. The molecule has 0 radical (unpaired) electrons. The van der Waals surface area contributed by atoms with Crippen LogP contribution in [0, 0.1) is 10.1 Å². The summed E-state index contributed by atoms with van der Waals surface area (Å²) in [6.07, 6.45) is 1.98. The molecule has 0 aromatic heterocycles.